The minimum atomic E-state index is -1.05. The Morgan fingerprint density at radius 3 is 2.15 bits per heavy atom. The highest BCUT2D eigenvalue weighted by molar-refractivity contribution is 5.90. The molecule has 0 aliphatic rings. The van der Waals surface area contributed by atoms with Crippen molar-refractivity contribution in [2.45, 2.75) is 19.4 Å². The number of rotatable bonds is 6. The quantitative estimate of drug-likeness (QED) is 0.355. The van der Waals surface area contributed by atoms with E-state index in [1.807, 2.05) is 0 Å². The van der Waals surface area contributed by atoms with Gasteiger partial charge in [-0.2, -0.15) is 0 Å². The molecule has 2 aromatic rings. The van der Waals surface area contributed by atoms with Crippen molar-refractivity contribution in [3.05, 3.63) is 53.6 Å². The molecule has 1 atom stereocenters. The lowest BCUT2D eigenvalue weighted by Crippen LogP contribution is -2.26. The van der Waals surface area contributed by atoms with Gasteiger partial charge in [-0.05, 0) is 48.4 Å². The highest BCUT2D eigenvalue weighted by Crippen LogP contribution is 2.26. The predicted octanol–water partition coefficient (Wildman–Crippen LogP) is 2.27. The van der Waals surface area contributed by atoms with Crippen molar-refractivity contribution in [2.75, 3.05) is 0 Å². The summed E-state index contributed by atoms with van der Waals surface area (Å²) in [6, 6.07) is 8.10. The van der Waals surface area contributed by atoms with Crippen LogP contribution in [0, 0.1) is 0 Å². The molecule has 0 saturated carbocycles. The third-order valence-electron chi connectivity index (χ3n) is 3.58. The number of carbonyl (C=O) groups is 2. The average Bonchev–Trinajstić information content (AvgIpc) is 2.58. The number of esters is 1. The Hall–Kier alpha value is -3.48. The van der Waals surface area contributed by atoms with Crippen molar-refractivity contribution < 1.29 is 34.8 Å². The zero-order valence-corrected chi connectivity index (χ0v) is 13.9. The number of aromatic hydroxyl groups is 4. The molecule has 26 heavy (non-hydrogen) atoms. The third-order valence-corrected chi connectivity index (χ3v) is 3.58. The number of Topliss-reactive ketones (excluding diaryl/α,β-unsaturated/α-hetero) is 1. The Morgan fingerprint density at radius 2 is 1.58 bits per heavy atom. The zero-order valence-electron chi connectivity index (χ0n) is 13.9. The lowest BCUT2D eigenvalue weighted by molar-refractivity contribution is -0.149. The van der Waals surface area contributed by atoms with Gasteiger partial charge in [0.25, 0.3) is 0 Å². The van der Waals surface area contributed by atoms with Crippen LogP contribution in [-0.4, -0.2) is 38.3 Å². The zero-order chi connectivity index (χ0) is 19.3. The second-order valence-electron chi connectivity index (χ2n) is 5.64. The topological polar surface area (TPSA) is 124 Å². The lowest BCUT2D eigenvalue weighted by atomic mass is 10.0. The SMILES string of the molecule is CC(=O)C(Cc1ccc(O)c(O)c1)OC(=O)C=Cc1ccc(O)c(O)c1. The number of benzene rings is 2. The van der Waals surface area contributed by atoms with Gasteiger partial charge < -0.3 is 25.2 Å². The van der Waals surface area contributed by atoms with Crippen LogP contribution in [0.4, 0.5) is 0 Å². The fraction of sp³-hybridized carbons (Fsp3) is 0.158. The Bertz CT molecular complexity index is 855. The maximum absolute atomic E-state index is 11.9. The molecule has 0 saturated heterocycles. The van der Waals surface area contributed by atoms with E-state index < -0.39 is 12.1 Å². The first-order chi connectivity index (χ1) is 12.3. The first kappa shape index (κ1) is 18.9. The van der Waals surface area contributed by atoms with E-state index in [1.165, 1.54) is 49.4 Å². The standard InChI is InChI=1S/C19H18O7/c1-11(20)18(10-13-3-6-15(22)17(24)9-13)26-19(25)7-4-12-2-5-14(21)16(23)8-12/h2-9,18,21-24H,10H2,1H3. The van der Waals surface area contributed by atoms with Crippen LogP contribution in [0.15, 0.2) is 42.5 Å². The van der Waals surface area contributed by atoms with Crippen molar-refractivity contribution in [3.63, 3.8) is 0 Å². The fourth-order valence-corrected chi connectivity index (χ4v) is 2.17. The Balaban J connectivity index is 2.05. The smallest absolute Gasteiger partial charge is 0.331 e. The molecule has 0 heterocycles. The Kier molecular flexibility index (Phi) is 5.85. The summed E-state index contributed by atoms with van der Waals surface area (Å²) < 4.78 is 5.13. The third kappa shape index (κ3) is 5.01. The number of carbonyl (C=O) groups excluding carboxylic acids is 2. The van der Waals surface area contributed by atoms with Crippen LogP contribution >= 0.6 is 0 Å². The monoisotopic (exact) mass is 358 g/mol. The van der Waals surface area contributed by atoms with Crippen LogP contribution in [0.3, 0.4) is 0 Å². The van der Waals surface area contributed by atoms with Crippen LogP contribution in [0.2, 0.25) is 0 Å². The number of hydrogen-bond acceptors (Lipinski definition) is 7. The van der Waals surface area contributed by atoms with E-state index in [0.29, 0.717) is 11.1 Å². The number of ether oxygens (including phenoxy) is 1. The largest absolute Gasteiger partial charge is 0.504 e. The van der Waals surface area contributed by atoms with E-state index in [2.05, 4.69) is 0 Å². The summed E-state index contributed by atoms with van der Waals surface area (Å²) in [5.41, 5.74) is 0.973. The summed E-state index contributed by atoms with van der Waals surface area (Å²) >= 11 is 0. The van der Waals surface area contributed by atoms with Gasteiger partial charge in [-0.1, -0.05) is 12.1 Å². The van der Waals surface area contributed by atoms with Crippen molar-refractivity contribution in [2.24, 2.45) is 0 Å². The average molecular weight is 358 g/mol. The molecule has 0 bridgehead atoms. The summed E-state index contributed by atoms with van der Waals surface area (Å²) in [5, 5.41) is 37.4. The van der Waals surface area contributed by atoms with Crippen LogP contribution in [-0.2, 0) is 20.7 Å². The molecule has 0 aromatic heterocycles. The second kappa shape index (κ2) is 8.06. The number of phenols is 4. The highest BCUT2D eigenvalue weighted by Gasteiger charge is 2.19. The van der Waals surface area contributed by atoms with E-state index in [1.54, 1.807) is 0 Å². The molecule has 2 aromatic carbocycles. The van der Waals surface area contributed by atoms with E-state index in [9.17, 15) is 30.0 Å². The summed E-state index contributed by atoms with van der Waals surface area (Å²) in [7, 11) is 0. The molecule has 4 N–H and O–H groups in total. The van der Waals surface area contributed by atoms with Gasteiger partial charge in [0.2, 0.25) is 0 Å². The van der Waals surface area contributed by atoms with Crippen molar-refractivity contribution in [1.29, 1.82) is 0 Å². The van der Waals surface area contributed by atoms with Crippen LogP contribution in [0.25, 0.3) is 6.08 Å². The molecule has 136 valence electrons. The van der Waals surface area contributed by atoms with Gasteiger partial charge in [-0.25, -0.2) is 4.79 Å². The highest BCUT2D eigenvalue weighted by atomic mass is 16.5. The van der Waals surface area contributed by atoms with Gasteiger partial charge in [-0.3, -0.25) is 4.79 Å². The molecule has 0 amide bonds. The first-order valence-corrected chi connectivity index (χ1v) is 7.68. The summed E-state index contributed by atoms with van der Waals surface area (Å²) in [5.74, 6) is -2.36. The molecule has 0 aliphatic carbocycles. The molecule has 0 spiro atoms. The molecular weight excluding hydrogens is 340 g/mol. The van der Waals surface area contributed by atoms with E-state index in [0.717, 1.165) is 6.08 Å². The van der Waals surface area contributed by atoms with Gasteiger partial charge in [-0.15, -0.1) is 0 Å². The number of phenolic OH excluding ortho intramolecular Hbond substituents is 4. The number of hydrogen-bond donors (Lipinski definition) is 4. The molecule has 2 rings (SSSR count). The minimum Gasteiger partial charge on any atom is -0.504 e. The minimum absolute atomic E-state index is 0.0444. The number of ketones is 1. The van der Waals surface area contributed by atoms with Crippen LogP contribution < -0.4 is 0 Å². The molecule has 1 unspecified atom stereocenters. The van der Waals surface area contributed by atoms with Gasteiger partial charge in [0.15, 0.2) is 34.9 Å². The van der Waals surface area contributed by atoms with Crippen LogP contribution in [0.1, 0.15) is 18.1 Å². The predicted molar refractivity (Wildman–Crippen MR) is 92.8 cm³/mol. The van der Waals surface area contributed by atoms with Crippen molar-refractivity contribution in [3.8, 4) is 23.0 Å². The molecule has 7 heteroatoms. The normalized spacial score (nSPS) is 12.0. The molecule has 0 fully saturated rings. The first-order valence-electron chi connectivity index (χ1n) is 7.68. The van der Waals surface area contributed by atoms with Gasteiger partial charge in [0, 0.05) is 12.5 Å². The van der Waals surface area contributed by atoms with Crippen molar-refractivity contribution in [1.82, 2.24) is 0 Å². The van der Waals surface area contributed by atoms with E-state index >= 15 is 0 Å². The van der Waals surface area contributed by atoms with E-state index in [-0.39, 0.29) is 35.2 Å². The molecular formula is C19H18O7. The summed E-state index contributed by atoms with van der Waals surface area (Å²) in [6.07, 6.45) is 1.45. The Labute approximate surface area is 149 Å². The second-order valence-corrected chi connectivity index (χ2v) is 5.64. The van der Waals surface area contributed by atoms with Crippen LogP contribution in [0.5, 0.6) is 23.0 Å². The van der Waals surface area contributed by atoms with Crippen molar-refractivity contribution >= 4 is 17.8 Å². The van der Waals surface area contributed by atoms with Gasteiger partial charge in [0.05, 0.1) is 0 Å². The maximum atomic E-state index is 11.9. The summed E-state index contributed by atoms with van der Waals surface area (Å²) in [4.78, 5) is 23.6. The van der Waals surface area contributed by atoms with Gasteiger partial charge >= 0.3 is 5.97 Å². The molecule has 0 aliphatic heterocycles. The lowest BCUT2D eigenvalue weighted by Gasteiger charge is -2.14. The fourth-order valence-electron chi connectivity index (χ4n) is 2.17. The van der Waals surface area contributed by atoms with E-state index in [4.69, 9.17) is 4.74 Å². The molecule has 7 nitrogen and oxygen atoms in total. The Morgan fingerprint density at radius 1 is 0.962 bits per heavy atom. The maximum Gasteiger partial charge on any atom is 0.331 e. The van der Waals surface area contributed by atoms with Gasteiger partial charge in [0.1, 0.15) is 0 Å². The summed E-state index contributed by atoms with van der Waals surface area (Å²) in [6.45, 7) is 1.28. The molecule has 0 radical (unpaired) electrons.